The molecule has 1 aliphatic heterocycles. The summed E-state index contributed by atoms with van der Waals surface area (Å²) in [6.07, 6.45) is 2.66. The van der Waals surface area contributed by atoms with Crippen LogP contribution in [0.5, 0.6) is 0 Å². The number of likely N-dealkylation sites (tertiary alicyclic amines) is 1. The van der Waals surface area contributed by atoms with Gasteiger partial charge in [0, 0.05) is 18.0 Å². The largest absolute Gasteiger partial charge is 0.349 e. The molecule has 2 aromatic rings. The number of hydrogen-bond acceptors (Lipinski definition) is 2. The van der Waals surface area contributed by atoms with Crippen molar-refractivity contribution in [3.8, 4) is 0 Å². The zero-order valence-corrected chi connectivity index (χ0v) is 16.2. The van der Waals surface area contributed by atoms with Crippen LogP contribution in [0, 0.1) is 11.7 Å². The molecule has 1 saturated heterocycles. The molecule has 0 aliphatic carbocycles. The Morgan fingerprint density at radius 3 is 2.44 bits per heavy atom. The van der Waals surface area contributed by atoms with Gasteiger partial charge < -0.3 is 5.32 Å². The minimum atomic E-state index is -0.153. The molecule has 1 amide bonds. The zero-order valence-electron chi connectivity index (χ0n) is 16.2. The van der Waals surface area contributed by atoms with Gasteiger partial charge in [0.2, 0.25) is 5.91 Å². The first kappa shape index (κ1) is 19.6. The number of rotatable bonds is 6. The zero-order chi connectivity index (χ0) is 19.2. The molecule has 144 valence electrons. The fraction of sp³-hybridized carbons (Fsp3) is 0.435. The summed E-state index contributed by atoms with van der Waals surface area (Å²) in [5.74, 6) is 0.0205. The van der Waals surface area contributed by atoms with Crippen LogP contribution in [0.4, 0.5) is 4.39 Å². The summed E-state index contributed by atoms with van der Waals surface area (Å²) in [5.41, 5.74) is 3.17. The van der Waals surface area contributed by atoms with Crippen LogP contribution < -0.4 is 5.32 Å². The third-order valence-electron chi connectivity index (χ3n) is 5.56. The van der Waals surface area contributed by atoms with E-state index in [1.54, 1.807) is 6.07 Å². The highest BCUT2D eigenvalue weighted by Crippen LogP contribution is 2.22. The first-order valence-electron chi connectivity index (χ1n) is 9.91. The number of hydrogen-bond donors (Lipinski definition) is 1. The second kappa shape index (κ2) is 9.14. The summed E-state index contributed by atoms with van der Waals surface area (Å²) in [6, 6.07) is 15.4. The highest BCUT2D eigenvalue weighted by molar-refractivity contribution is 5.79. The summed E-state index contributed by atoms with van der Waals surface area (Å²) < 4.78 is 13.8. The van der Waals surface area contributed by atoms with Crippen LogP contribution in [0.15, 0.2) is 48.5 Å². The van der Waals surface area contributed by atoms with E-state index in [0.717, 1.165) is 43.5 Å². The maximum atomic E-state index is 13.8. The van der Waals surface area contributed by atoms with Gasteiger partial charge in [0.1, 0.15) is 5.82 Å². The fourth-order valence-electron chi connectivity index (χ4n) is 3.68. The molecule has 1 aliphatic rings. The Bertz CT molecular complexity index is 751. The second-order valence-corrected chi connectivity index (χ2v) is 7.47. The molecular weight excluding hydrogens is 339 g/mol. The monoisotopic (exact) mass is 368 g/mol. The fourth-order valence-corrected chi connectivity index (χ4v) is 3.68. The lowest BCUT2D eigenvalue weighted by atomic mass is 9.94. The number of amides is 1. The van der Waals surface area contributed by atoms with E-state index in [9.17, 15) is 9.18 Å². The van der Waals surface area contributed by atoms with Crippen LogP contribution in [0.3, 0.4) is 0 Å². The molecule has 0 saturated carbocycles. The lowest BCUT2D eigenvalue weighted by Crippen LogP contribution is -2.41. The van der Waals surface area contributed by atoms with E-state index >= 15 is 0 Å². The van der Waals surface area contributed by atoms with Crippen molar-refractivity contribution in [2.45, 2.75) is 45.7 Å². The predicted octanol–water partition coefficient (Wildman–Crippen LogP) is 4.48. The minimum Gasteiger partial charge on any atom is -0.349 e. The van der Waals surface area contributed by atoms with E-state index in [4.69, 9.17) is 0 Å². The molecule has 4 heteroatoms. The Labute approximate surface area is 161 Å². The van der Waals surface area contributed by atoms with Gasteiger partial charge in [0.25, 0.3) is 0 Å². The predicted molar refractivity (Wildman–Crippen MR) is 107 cm³/mol. The third-order valence-corrected chi connectivity index (χ3v) is 5.56. The Balaban J connectivity index is 1.48. The number of carbonyl (C=O) groups excluding carboxylic acids is 1. The molecular formula is C23H29FN2O. The quantitative estimate of drug-likeness (QED) is 0.815. The molecule has 2 aromatic carbocycles. The van der Waals surface area contributed by atoms with Crippen LogP contribution in [0.1, 0.15) is 49.4 Å². The number of nitrogens with zero attached hydrogens (tertiary/aromatic N) is 1. The van der Waals surface area contributed by atoms with E-state index in [-0.39, 0.29) is 23.7 Å². The van der Waals surface area contributed by atoms with Crippen molar-refractivity contribution >= 4 is 5.91 Å². The second-order valence-electron chi connectivity index (χ2n) is 7.47. The third kappa shape index (κ3) is 5.16. The van der Waals surface area contributed by atoms with Gasteiger partial charge in [-0.2, -0.15) is 0 Å². The normalized spacial score (nSPS) is 16.9. The van der Waals surface area contributed by atoms with Crippen molar-refractivity contribution in [1.82, 2.24) is 10.2 Å². The van der Waals surface area contributed by atoms with Gasteiger partial charge in [0.15, 0.2) is 0 Å². The molecule has 1 heterocycles. The van der Waals surface area contributed by atoms with Crippen LogP contribution in [0.2, 0.25) is 0 Å². The van der Waals surface area contributed by atoms with E-state index in [2.05, 4.69) is 41.4 Å². The molecule has 1 fully saturated rings. The van der Waals surface area contributed by atoms with Crippen molar-refractivity contribution in [1.29, 1.82) is 0 Å². The summed E-state index contributed by atoms with van der Waals surface area (Å²) in [7, 11) is 0. The Morgan fingerprint density at radius 2 is 1.81 bits per heavy atom. The van der Waals surface area contributed by atoms with Gasteiger partial charge in [-0.1, -0.05) is 49.4 Å². The summed E-state index contributed by atoms with van der Waals surface area (Å²) >= 11 is 0. The van der Waals surface area contributed by atoms with Crippen LogP contribution >= 0.6 is 0 Å². The Kier molecular flexibility index (Phi) is 6.62. The molecule has 27 heavy (non-hydrogen) atoms. The number of carbonyl (C=O) groups is 1. The van der Waals surface area contributed by atoms with Crippen molar-refractivity contribution in [3.63, 3.8) is 0 Å². The Hall–Kier alpha value is -2.20. The maximum absolute atomic E-state index is 13.8. The number of nitrogens with one attached hydrogen (secondary N) is 1. The van der Waals surface area contributed by atoms with Gasteiger partial charge in [-0.05, 0) is 56.5 Å². The minimum absolute atomic E-state index is 0.0138. The van der Waals surface area contributed by atoms with Gasteiger partial charge in [-0.3, -0.25) is 9.69 Å². The SMILES string of the molecule is CCc1ccc(C(C)NC(=O)C2CCN(Cc3ccccc3F)CC2)cc1. The van der Waals surface area contributed by atoms with E-state index in [0.29, 0.717) is 6.54 Å². The highest BCUT2D eigenvalue weighted by Gasteiger charge is 2.26. The molecule has 0 spiro atoms. The van der Waals surface area contributed by atoms with E-state index in [1.165, 1.54) is 11.6 Å². The van der Waals surface area contributed by atoms with Gasteiger partial charge in [0.05, 0.1) is 6.04 Å². The van der Waals surface area contributed by atoms with Gasteiger partial charge in [-0.15, -0.1) is 0 Å². The topological polar surface area (TPSA) is 32.3 Å². The molecule has 0 aromatic heterocycles. The number of benzene rings is 2. The van der Waals surface area contributed by atoms with E-state index in [1.807, 2.05) is 19.1 Å². The van der Waals surface area contributed by atoms with Crippen LogP contribution in [0.25, 0.3) is 0 Å². The first-order valence-corrected chi connectivity index (χ1v) is 9.91. The molecule has 0 bridgehead atoms. The molecule has 0 radical (unpaired) electrons. The number of halogens is 1. The molecule has 1 N–H and O–H groups in total. The summed E-state index contributed by atoms with van der Waals surface area (Å²) in [5, 5.41) is 3.16. The number of piperidine rings is 1. The van der Waals surface area contributed by atoms with Gasteiger partial charge >= 0.3 is 0 Å². The molecule has 3 nitrogen and oxygen atoms in total. The van der Waals surface area contributed by atoms with E-state index < -0.39 is 0 Å². The Morgan fingerprint density at radius 1 is 1.15 bits per heavy atom. The van der Waals surface area contributed by atoms with Crippen molar-refractivity contribution in [2.75, 3.05) is 13.1 Å². The van der Waals surface area contributed by atoms with Crippen LogP contribution in [-0.4, -0.2) is 23.9 Å². The number of aryl methyl sites for hydroxylation is 1. The molecule has 1 unspecified atom stereocenters. The smallest absolute Gasteiger partial charge is 0.223 e. The summed E-state index contributed by atoms with van der Waals surface area (Å²) in [4.78, 5) is 14.9. The molecule has 3 rings (SSSR count). The molecule has 1 atom stereocenters. The lowest BCUT2D eigenvalue weighted by molar-refractivity contribution is -0.127. The average molecular weight is 368 g/mol. The van der Waals surface area contributed by atoms with Crippen molar-refractivity contribution in [3.05, 3.63) is 71.0 Å². The lowest BCUT2D eigenvalue weighted by Gasteiger charge is -2.32. The highest BCUT2D eigenvalue weighted by atomic mass is 19.1. The van der Waals surface area contributed by atoms with Gasteiger partial charge in [-0.25, -0.2) is 4.39 Å². The first-order chi connectivity index (χ1) is 13.1. The average Bonchev–Trinajstić information content (AvgIpc) is 2.70. The standard InChI is InChI=1S/C23H29FN2O/c1-3-18-8-10-19(11-9-18)17(2)25-23(27)20-12-14-26(15-13-20)16-21-6-4-5-7-22(21)24/h4-11,17,20H,3,12-16H2,1-2H3,(H,25,27). The summed E-state index contributed by atoms with van der Waals surface area (Å²) in [6.45, 7) is 6.43. The van der Waals surface area contributed by atoms with Crippen molar-refractivity contribution in [2.24, 2.45) is 5.92 Å². The van der Waals surface area contributed by atoms with Crippen LogP contribution in [-0.2, 0) is 17.8 Å². The van der Waals surface area contributed by atoms with Crippen molar-refractivity contribution < 1.29 is 9.18 Å². The maximum Gasteiger partial charge on any atom is 0.223 e.